The summed E-state index contributed by atoms with van der Waals surface area (Å²) in [5, 5.41) is 15.9. The topological polar surface area (TPSA) is 61.4 Å². The Bertz CT molecular complexity index is 402. The standard InChI is InChI=1S/C14H20N2O2/c1-11(15-10-14(18)8-5-9-14)13(17)16-12-6-3-2-4-7-12/h2-4,6-7,11,15,18H,5,8-10H2,1H3,(H,16,17). The van der Waals surface area contributed by atoms with E-state index in [1.807, 2.05) is 30.3 Å². The van der Waals surface area contributed by atoms with Crippen LogP contribution in [0.1, 0.15) is 26.2 Å². The highest BCUT2D eigenvalue weighted by Crippen LogP contribution is 2.30. The number of anilines is 1. The van der Waals surface area contributed by atoms with E-state index in [0.717, 1.165) is 24.9 Å². The molecule has 0 radical (unpaired) electrons. The lowest BCUT2D eigenvalue weighted by Crippen LogP contribution is -2.50. The molecule has 1 atom stereocenters. The molecule has 0 saturated heterocycles. The van der Waals surface area contributed by atoms with Crippen molar-refractivity contribution in [3.05, 3.63) is 30.3 Å². The SMILES string of the molecule is CC(NCC1(O)CCC1)C(=O)Nc1ccccc1. The van der Waals surface area contributed by atoms with E-state index in [0.29, 0.717) is 6.54 Å². The van der Waals surface area contributed by atoms with Crippen LogP contribution in [0.3, 0.4) is 0 Å². The number of nitrogens with one attached hydrogen (secondary N) is 2. The van der Waals surface area contributed by atoms with Gasteiger partial charge in [-0.1, -0.05) is 18.2 Å². The summed E-state index contributed by atoms with van der Waals surface area (Å²) in [5.74, 6) is -0.0795. The Morgan fingerprint density at radius 3 is 2.61 bits per heavy atom. The fourth-order valence-corrected chi connectivity index (χ4v) is 1.97. The molecule has 4 heteroatoms. The van der Waals surface area contributed by atoms with Gasteiger partial charge in [0.05, 0.1) is 11.6 Å². The maximum absolute atomic E-state index is 11.9. The lowest BCUT2D eigenvalue weighted by Gasteiger charge is -2.37. The third-order valence-corrected chi connectivity index (χ3v) is 3.46. The molecule has 1 saturated carbocycles. The van der Waals surface area contributed by atoms with Gasteiger partial charge in [-0.2, -0.15) is 0 Å². The van der Waals surface area contributed by atoms with Gasteiger partial charge in [-0.05, 0) is 38.3 Å². The van der Waals surface area contributed by atoms with Gasteiger partial charge in [0, 0.05) is 12.2 Å². The molecule has 18 heavy (non-hydrogen) atoms. The van der Waals surface area contributed by atoms with Crippen molar-refractivity contribution in [2.24, 2.45) is 0 Å². The first-order chi connectivity index (χ1) is 8.59. The highest BCUT2D eigenvalue weighted by Gasteiger charge is 2.34. The van der Waals surface area contributed by atoms with Crippen molar-refractivity contribution in [2.45, 2.75) is 37.8 Å². The van der Waals surface area contributed by atoms with Gasteiger partial charge in [0.2, 0.25) is 5.91 Å². The number of amides is 1. The fraction of sp³-hybridized carbons (Fsp3) is 0.500. The Balaban J connectivity index is 1.78. The number of carbonyl (C=O) groups is 1. The predicted molar refractivity (Wildman–Crippen MR) is 71.3 cm³/mol. The summed E-state index contributed by atoms with van der Waals surface area (Å²) in [6.07, 6.45) is 2.73. The molecule has 2 rings (SSSR count). The molecule has 4 nitrogen and oxygen atoms in total. The van der Waals surface area contributed by atoms with Crippen LogP contribution in [0.2, 0.25) is 0 Å². The molecule has 0 aromatic heterocycles. The first-order valence-corrected chi connectivity index (χ1v) is 6.41. The Labute approximate surface area is 107 Å². The number of hydrogen-bond donors (Lipinski definition) is 3. The maximum Gasteiger partial charge on any atom is 0.241 e. The van der Waals surface area contributed by atoms with E-state index in [1.54, 1.807) is 6.92 Å². The zero-order valence-electron chi connectivity index (χ0n) is 10.6. The Hall–Kier alpha value is -1.39. The average molecular weight is 248 g/mol. The number of para-hydroxylation sites is 1. The van der Waals surface area contributed by atoms with E-state index in [4.69, 9.17) is 0 Å². The lowest BCUT2D eigenvalue weighted by molar-refractivity contribution is -0.118. The van der Waals surface area contributed by atoms with Gasteiger partial charge in [-0.15, -0.1) is 0 Å². The summed E-state index contributed by atoms with van der Waals surface area (Å²) in [6.45, 7) is 2.29. The molecule has 0 aliphatic heterocycles. The smallest absolute Gasteiger partial charge is 0.241 e. The van der Waals surface area contributed by atoms with Crippen molar-refractivity contribution in [3.8, 4) is 0 Å². The molecule has 98 valence electrons. The first kappa shape index (κ1) is 13.1. The molecule has 3 N–H and O–H groups in total. The zero-order valence-corrected chi connectivity index (χ0v) is 10.6. The quantitative estimate of drug-likeness (QED) is 0.740. The third kappa shape index (κ3) is 3.31. The van der Waals surface area contributed by atoms with Gasteiger partial charge in [-0.3, -0.25) is 4.79 Å². The Morgan fingerprint density at radius 1 is 1.39 bits per heavy atom. The van der Waals surface area contributed by atoms with Gasteiger partial charge >= 0.3 is 0 Å². The number of rotatable bonds is 5. The molecule has 1 aromatic rings. The van der Waals surface area contributed by atoms with Gasteiger partial charge in [0.25, 0.3) is 0 Å². The molecule has 1 fully saturated rings. The molecule has 1 aliphatic carbocycles. The van der Waals surface area contributed by atoms with Crippen LogP contribution in [0.4, 0.5) is 5.69 Å². The van der Waals surface area contributed by atoms with Crippen LogP contribution >= 0.6 is 0 Å². The second-order valence-corrected chi connectivity index (χ2v) is 5.04. The molecule has 1 aromatic carbocycles. The van der Waals surface area contributed by atoms with Crippen LogP contribution < -0.4 is 10.6 Å². The van der Waals surface area contributed by atoms with Crippen LogP contribution in [0.5, 0.6) is 0 Å². The summed E-state index contributed by atoms with van der Waals surface area (Å²) >= 11 is 0. The van der Waals surface area contributed by atoms with Gasteiger partial charge in [0.15, 0.2) is 0 Å². The van der Waals surface area contributed by atoms with E-state index in [2.05, 4.69) is 10.6 Å². The molecule has 0 bridgehead atoms. The Morgan fingerprint density at radius 2 is 2.06 bits per heavy atom. The Kier molecular flexibility index (Phi) is 3.99. The van der Waals surface area contributed by atoms with Crippen molar-refractivity contribution < 1.29 is 9.90 Å². The van der Waals surface area contributed by atoms with Crippen LogP contribution in [0.25, 0.3) is 0 Å². The molecule has 0 heterocycles. The highest BCUT2D eigenvalue weighted by molar-refractivity contribution is 5.94. The van der Waals surface area contributed by atoms with Crippen molar-refractivity contribution in [1.82, 2.24) is 5.32 Å². The summed E-state index contributed by atoms with van der Waals surface area (Å²) in [5.41, 5.74) is 0.194. The maximum atomic E-state index is 11.9. The fourth-order valence-electron chi connectivity index (χ4n) is 1.97. The molecule has 1 aliphatic rings. The van der Waals surface area contributed by atoms with Crippen LogP contribution in [-0.2, 0) is 4.79 Å². The van der Waals surface area contributed by atoms with E-state index in [1.165, 1.54) is 0 Å². The van der Waals surface area contributed by atoms with Crippen LogP contribution in [-0.4, -0.2) is 29.2 Å². The van der Waals surface area contributed by atoms with Crippen molar-refractivity contribution in [3.63, 3.8) is 0 Å². The van der Waals surface area contributed by atoms with E-state index in [9.17, 15) is 9.90 Å². The molecular formula is C14H20N2O2. The number of benzene rings is 1. The highest BCUT2D eigenvalue weighted by atomic mass is 16.3. The number of carbonyl (C=O) groups excluding carboxylic acids is 1. The molecular weight excluding hydrogens is 228 g/mol. The van der Waals surface area contributed by atoms with Crippen molar-refractivity contribution in [2.75, 3.05) is 11.9 Å². The number of hydrogen-bond acceptors (Lipinski definition) is 3. The minimum absolute atomic E-state index is 0.0795. The lowest BCUT2D eigenvalue weighted by atomic mass is 9.80. The second kappa shape index (κ2) is 5.50. The third-order valence-electron chi connectivity index (χ3n) is 3.46. The molecule has 0 spiro atoms. The predicted octanol–water partition coefficient (Wildman–Crippen LogP) is 1.52. The monoisotopic (exact) mass is 248 g/mol. The van der Waals surface area contributed by atoms with E-state index < -0.39 is 5.60 Å². The second-order valence-electron chi connectivity index (χ2n) is 5.04. The van der Waals surface area contributed by atoms with Gasteiger partial charge in [-0.25, -0.2) is 0 Å². The van der Waals surface area contributed by atoms with E-state index >= 15 is 0 Å². The van der Waals surface area contributed by atoms with E-state index in [-0.39, 0.29) is 11.9 Å². The summed E-state index contributed by atoms with van der Waals surface area (Å²) in [4.78, 5) is 11.9. The zero-order chi connectivity index (χ0) is 13.0. The normalized spacial score (nSPS) is 18.8. The summed E-state index contributed by atoms with van der Waals surface area (Å²) in [7, 11) is 0. The van der Waals surface area contributed by atoms with Gasteiger partial charge < -0.3 is 15.7 Å². The average Bonchev–Trinajstić information content (AvgIpc) is 2.34. The van der Waals surface area contributed by atoms with Crippen molar-refractivity contribution in [1.29, 1.82) is 0 Å². The minimum atomic E-state index is -0.596. The number of aliphatic hydroxyl groups is 1. The summed E-state index contributed by atoms with van der Waals surface area (Å²) < 4.78 is 0. The van der Waals surface area contributed by atoms with Crippen LogP contribution in [0.15, 0.2) is 30.3 Å². The molecule has 1 unspecified atom stereocenters. The van der Waals surface area contributed by atoms with Crippen molar-refractivity contribution >= 4 is 11.6 Å². The minimum Gasteiger partial charge on any atom is -0.389 e. The molecule has 1 amide bonds. The largest absolute Gasteiger partial charge is 0.389 e. The summed E-state index contributed by atoms with van der Waals surface area (Å²) in [6, 6.07) is 9.06. The van der Waals surface area contributed by atoms with Crippen LogP contribution in [0, 0.1) is 0 Å². The first-order valence-electron chi connectivity index (χ1n) is 6.41. The van der Waals surface area contributed by atoms with Gasteiger partial charge in [0.1, 0.15) is 0 Å².